The molecule has 0 saturated heterocycles. The van der Waals surface area contributed by atoms with Crippen LogP contribution in [0, 0.1) is 11.3 Å². The maximum Gasteiger partial charge on any atom is 0.0991 e. The van der Waals surface area contributed by atoms with Gasteiger partial charge in [0, 0.05) is 20.8 Å². The first kappa shape index (κ1) is 13.0. The minimum absolute atomic E-state index is 0.687. The molecule has 2 nitrogen and oxygen atoms in total. The molecule has 90 valence electrons. The quantitative estimate of drug-likeness (QED) is 0.681. The number of anilines is 1. The predicted octanol–water partition coefficient (Wildman–Crippen LogP) is 4.20. The summed E-state index contributed by atoms with van der Waals surface area (Å²) in [6.07, 6.45) is 0. The molecule has 0 bridgehead atoms. The maximum atomic E-state index is 8.72. The summed E-state index contributed by atoms with van der Waals surface area (Å²) in [5.41, 5.74) is 8.59. The molecule has 2 N–H and O–H groups in total. The SMILES string of the molecule is N#Cc1ccc(CSc2ccc(Br)cc2N)cc1. The number of hydrogen-bond donors (Lipinski definition) is 1. The van der Waals surface area contributed by atoms with Crippen molar-refractivity contribution >= 4 is 33.4 Å². The summed E-state index contributed by atoms with van der Waals surface area (Å²) in [6.45, 7) is 0. The standard InChI is InChI=1S/C14H11BrN2S/c15-12-5-6-14(13(17)7-12)18-9-11-3-1-10(8-16)2-4-11/h1-7H,9,17H2. The number of nitrogen functional groups attached to an aromatic ring is 1. The Morgan fingerprint density at radius 3 is 2.50 bits per heavy atom. The topological polar surface area (TPSA) is 49.8 Å². The van der Waals surface area contributed by atoms with Crippen molar-refractivity contribution < 1.29 is 0 Å². The predicted molar refractivity (Wildman–Crippen MR) is 79.3 cm³/mol. The van der Waals surface area contributed by atoms with Crippen LogP contribution in [0.4, 0.5) is 5.69 Å². The Labute approximate surface area is 119 Å². The summed E-state index contributed by atoms with van der Waals surface area (Å²) in [7, 11) is 0. The van der Waals surface area contributed by atoms with Crippen LogP contribution in [-0.2, 0) is 5.75 Å². The van der Waals surface area contributed by atoms with Gasteiger partial charge >= 0.3 is 0 Å². The van der Waals surface area contributed by atoms with E-state index in [2.05, 4.69) is 22.0 Å². The summed E-state index contributed by atoms with van der Waals surface area (Å²) in [4.78, 5) is 1.07. The third kappa shape index (κ3) is 3.28. The number of hydrogen-bond acceptors (Lipinski definition) is 3. The van der Waals surface area contributed by atoms with Crippen LogP contribution in [-0.4, -0.2) is 0 Å². The molecule has 18 heavy (non-hydrogen) atoms. The summed E-state index contributed by atoms with van der Waals surface area (Å²) in [6, 6.07) is 15.6. The third-order valence-electron chi connectivity index (χ3n) is 2.45. The molecule has 0 aromatic heterocycles. The second kappa shape index (κ2) is 5.94. The van der Waals surface area contributed by atoms with Crippen LogP contribution in [0.2, 0.25) is 0 Å². The Bertz CT molecular complexity index is 588. The van der Waals surface area contributed by atoms with Crippen LogP contribution in [0.15, 0.2) is 51.8 Å². The van der Waals surface area contributed by atoms with E-state index < -0.39 is 0 Å². The molecule has 0 aliphatic heterocycles. The fraction of sp³-hybridized carbons (Fsp3) is 0.0714. The minimum Gasteiger partial charge on any atom is -0.398 e. The number of nitrogens with zero attached hydrogens (tertiary/aromatic N) is 1. The molecule has 2 aromatic rings. The van der Waals surface area contributed by atoms with Crippen molar-refractivity contribution in [1.29, 1.82) is 5.26 Å². The van der Waals surface area contributed by atoms with Gasteiger partial charge in [-0.05, 0) is 35.9 Å². The first-order valence-corrected chi connectivity index (χ1v) is 7.14. The molecule has 0 unspecified atom stereocenters. The monoisotopic (exact) mass is 318 g/mol. The van der Waals surface area contributed by atoms with E-state index in [1.807, 2.05) is 42.5 Å². The Kier molecular flexibility index (Phi) is 4.29. The van der Waals surface area contributed by atoms with Crippen LogP contribution in [0.25, 0.3) is 0 Å². The van der Waals surface area contributed by atoms with Crippen LogP contribution in [0.1, 0.15) is 11.1 Å². The van der Waals surface area contributed by atoms with Crippen molar-refractivity contribution in [3.63, 3.8) is 0 Å². The average molecular weight is 319 g/mol. The lowest BCUT2D eigenvalue weighted by molar-refractivity contribution is 1.37. The smallest absolute Gasteiger partial charge is 0.0991 e. The third-order valence-corrected chi connectivity index (χ3v) is 4.10. The molecule has 0 fully saturated rings. The van der Waals surface area contributed by atoms with Crippen molar-refractivity contribution in [2.45, 2.75) is 10.6 Å². The van der Waals surface area contributed by atoms with Crippen molar-refractivity contribution in [2.75, 3.05) is 5.73 Å². The molecule has 0 atom stereocenters. The second-order valence-electron chi connectivity index (χ2n) is 3.78. The lowest BCUT2D eigenvalue weighted by Gasteiger charge is -2.06. The van der Waals surface area contributed by atoms with Crippen molar-refractivity contribution in [3.8, 4) is 6.07 Å². The molecule has 0 radical (unpaired) electrons. The van der Waals surface area contributed by atoms with Gasteiger partial charge in [-0.15, -0.1) is 11.8 Å². The number of benzene rings is 2. The van der Waals surface area contributed by atoms with Gasteiger partial charge in [0.2, 0.25) is 0 Å². The van der Waals surface area contributed by atoms with Crippen molar-refractivity contribution in [1.82, 2.24) is 0 Å². The molecule has 0 amide bonds. The fourth-order valence-corrected chi connectivity index (χ4v) is 2.77. The molecular formula is C14H11BrN2S. The molecule has 0 aliphatic carbocycles. The van der Waals surface area contributed by atoms with E-state index in [1.165, 1.54) is 5.56 Å². The van der Waals surface area contributed by atoms with Gasteiger partial charge in [-0.25, -0.2) is 0 Å². The van der Waals surface area contributed by atoms with Crippen molar-refractivity contribution in [3.05, 3.63) is 58.1 Å². The highest BCUT2D eigenvalue weighted by atomic mass is 79.9. The van der Waals surface area contributed by atoms with E-state index in [4.69, 9.17) is 11.0 Å². The van der Waals surface area contributed by atoms with E-state index in [1.54, 1.807) is 11.8 Å². The minimum atomic E-state index is 0.687. The van der Waals surface area contributed by atoms with Crippen LogP contribution < -0.4 is 5.73 Å². The molecule has 2 rings (SSSR count). The summed E-state index contributed by atoms with van der Waals surface area (Å²) < 4.78 is 0.989. The number of nitrogens with two attached hydrogens (primary N) is 1. The van der Waals surface area contributed by atoms with Crippen LogP contribution in [0.3, 0.4) is 0 Å². The normalized spacial score (nSPS) is 10.0. The van der Waals surface area contributed by atoms with E-state index in [-0.39, 0.29) is 0 Å². The largest absolute Gasteiger partial charge is 0.398 e. The fourth-order valence-electron chi connectivity index (χ4n) is 1.49. The second-order valence-corrected chi connectivity index (χ2v) is 5.71. The van der Waals surface area contributed by atoms with Gasteiger partial charge < -0.3 is 5.73 Å². The van der Waals surface area contributed by atoms with Gasteiger partial charge in [-0.1, -0.05) is 28.1 Å². The van der Waals surface area contributed by atoms with Crippen LogP contribution >= 0.6 is 27.7 Å². The van der Waals surface area contributed by atoms with Crippen molar-refractivity contribution in [2.24, 2.45) is 0 Å². The molecule has 0 aliphatic rings. The molecule has 2 aromatic carbocycles. The number of thioether (sulfide) groups is 1. The average Bonchev–Trinajstić information content (AvgIpc) is 2.38. The summed E-state index contributed by atoms with van der Waals surface area (Å²) >= 11 is 5.08. The Hall–Kier alpha value is -1.44. The lowest BCUT2D eigenvalue weighted by atomic mass is 10.2. The van der Waals surface area contributed by atoms with E-state index >= 15 is 0 Å². The summed E-state index contributed by atoms with van der Waals surface area (Å²) in [5, 5.41) is 8.72. The molecule has 0 heterocycles. The molecule has 0 saturated carbocycles. The zero-order chi connectivity index (χ0) is 13.0. The zero-order valence-corrected chi connectivity index (χ0v) is 12.0. The van der Waals surface area contributed by atoms with Gasteiger partial charge in [0.05, 0.1) is 11.6 Å². The van der Waals surface area contributed by atoms with E-state index in [9.17, 15) is 0 Å². The van der Waals surface area contributed by atoms with E-state index in [0.29, 0.717) is 5.56 Å². The maximum absolute atomic E-state index is 8.72. The highest BCUT2D eigenvalue weighted by Gasteiger charge is 2.01. The first-order chi connectivity index (χ1) is 8.69. The molecule has 0 spiro atoms. The highest BCUT2D eigenvalue weighted by Crippen LogP contribution is 2.30. The van der Waals surface area contributed by atoms with Crippen LogP contribution in [0.5, 0.6) is 0 Å². The Morgan fingerprint density at radius 2 is 1.89 bits per heavy atom. The van der Waals surface area contributed by atoms with E-state index in [0.717, 1.165) is 20.8 Å². The molecular weight excluding hydrogens is 308 g/mol. The number of nitriles is 1. The molecule has 4 heteroatoms. The first-order valence-electron chi connectivity index (χ1n) is 5.36. The highest BCUT2D eigenvalue weighted by molar-refractivity contribution is 9.10. The lowest BCUT2D eigenvalue weighted by Crippen LogP contribution is -1.89. The number of halogens is 1. The van der Waals surface area contributed by atoms with Gasteiger partial charge in [-0.3, -0.25) is 0 Å². The Morgan fingerprint density at radius 1 is 1.17 bits per heavy atom. The summed E-state index contributed by atoms with van der Waals surface area (Å²) in [5.74, 6) is 0.845. The number of rotatable bonds is 3. The van der Waals surface area contributed by atoms with Gasteiger partial charge in [0.1, 0.15) is 0 Å². The zero-order valence-electron chi connectivity index (χ0n) is 9.56. The van der Waals surface area contributed by atoms with Gasteiger partial charge in [0.15, 0.2) is 0 Å². The van der Waals surface area contributed by atoms with Gasteiger partial charge in [0.25, 0.3) is 0 Å². The van der Waals surface area contributed by atoms with Gasteiger partial charge in [-0.2, -0.15) is 5.26 Å². The Balaban J connectivity index is 2.04.